The fourth-order valence-corrected chi connectivity index (χ4v) is 3.87. The third-order valence-corrected chi connectivity index (χ3v) is 4.76. The molecule has 7 heteroatoms. The first-order valence-corrected chi connectivity index (χ1v) is 9.42. The van der Waals surface area contributed by atoms with E-state index < -0.39 is 11.9 Å². The highest BCUT2D eigenvalue weighted by atomic mass is 79.9. The van der Waals surface area contributed by atoms with E-state index in [-0.39, 0.29) is 12.3 Å². The Balaban J connectivity index is 1.80. The number of nitrogens with one attached hydrogen (secondary N) is 1. The molecule has 3 rings (SSSR count). The highest BCUT2D eigenvalue weighted by Crippen LogP contribution is 2.20. The lowest BCUT2D eigenvalue weighted by molar-refractivity contribution is -0.119. The van der Waals surface area contributed by atoms with E-state index in [2.05, 4.69) is 42.2 Å². The van der Waals surface area contributed by atoms with E-state index >= 15 is 0 Å². The van der Waals surface area contributed by atoms with Crippen LogP contribution in [-0.4, -0.2) is 22.8 Å². The van der Waals surface area contributed by atoms with Gasteiger partial charge in [0.05, 0.1) is 5.52 Å². The van der Waals surface area contributed by atoms with Crippen LogP contribution in [0.5, 0.6) is 0 Å². The maximum Gasteiger partial charge on any atom is 0.252 e. The number of nitrogens with two attached hydrogens (primary N) is 1. The minimum atomic E-state index is -0.853. The summed E-state index contributed by atoms with van der Waals surface area (Å²) in [5, 5.41) is 3.70. The second kappa shape index (κ2) is 7.97. The summed E-state index contributed by atoms with van der Waals surface area (Å²) >= 11 is 6.68. The maximum absolute atomic E-state index is 12.5. The molecule has 1 heterocycles. The molecule has 0 saturated heterocycles. The first-order chi connectivity index (χ1) is 12.4. The maximum atomic E-state index is 12.5. The Morgan fingerprint density at radius 3 is 2.42 bits per heavy atom. The van der Waals surface area contributed by atoms with Gasteiger partial charge in [0, 0.05) is 32.0 Å². The molecule has 0 aliphatic carbocycles. The number of primary amides is 1. The Labute approximate surface area is 167 Å². The highest BCUT2D eigenvalue weighted by Gasteiger charge is 2.20. The number of aromatic nitrogens is 1. The minimum absolute atomic E-state index is 0.223. The van der Waals surface area contributed by atoms with Crippen LogP contribution >= 0.6 is 31.9 Å². The van der Waals surface area contributed by atoms with E-state index in [1.807, 2.05) is 42.5 Å². The molecule has 0 bridgehead atoms. The van der Waals surface area contributed by atoms with Gasteiger partial charge in [-0.25, -0.2) is 0 Å². The molecule has 132 valence electrons. The fourth-order valence-electron chi connectivity index (χ4n) is 2.58. The van der Waals surface area contributed by atoms with Crippen LogP contribution in [0.25, 0.3) is 10.9 Å². The van der Waals surface area contributed by atoms with Crippen LogP contribution in [0.2, 0.25) is 0 Å². The van der Waals surface area contributed by atoms with Crippen molar-refractivity contribution >= 4 is 54.6 Å². The van der Waals surface area contributed by atoms with Gasteiger partial charge in [0.15, 0.2) is 0 Å². The molecule has 0 unspecified atom stereocenters. The smallest absolute Gasteiger partial charge is 0.252 e. The number of para-hydroxylation sites is 1. The zero-order valence-electron chi connectivity index (χ0n) is 13.6. The number of pyridine rings is 1. The van der Waals surface area contributed by atoms with Gasteiger partial charge in [-0.3, -0.25) is 14.6 Å². The summed E-state index contributed by atoms with van der Waals surface area (Å²) in [5.41, 5.74) is 7.42. The Morgan fingerprint density at radius 2 is 1.73 bits per heavy atom. The van der Waals surface area contributed by atoms with Gasteiger partial charge in [0.2, 0.25) is 5.91 Å². The van der Waals surface area contributed by atoms with Crippen LogP contribution in [0.15, 0.2) is 63.5 Å². The molecule has 1 atom stereocenters. The van der Waals surface area contributed by atoms with E-state index in [4.69, 9.17) is 5.73 Å². The van der Waals surface area contributed by atoms with Crippen molar-refractivity contribution in [1.82, 2.24) is 10.3 Å². The molecule has 3 aromatic rings. The fraction of sp³-hybridized carbons (Fsp3) is 0.105. The Morgan fingerprint density at radius 1 is 1.04 bits per heavy atom. The molecular weight excluding hydrogens is 462 g/mol. The topological polar surface area (TPSA) is 85.1 Å². The quantitative estimate of drug-likeness (QED) is 0.590. The van der Waals surface area contributed by atoms with E-state index in [9.17, 15) is 9.59 Å². The Hall–Kier alpha value is -2.25. The SMILES string of the molecule is NC(=O)[C@@H](Cc1ccc2ccccc2n1)NC(=O)c1cc(Br)cc(Br)c1. The standard InChI is InChI=1S/C19H15Br2N3O2/c20-13-7-12(8-14(21)9-13)19(26)24-17(18(22)25)10-15-6-5-11-3-1-2-4-16(11)23-15/h1-9,17H,10H2,(H2,22,25)(H,24,26)/t17-/m1/s1. The van der Waals surface area contributed by atoms with Crippen LogP contribution in [0.3, 0.4) is 0 Å². The number of carbonyl (C=O) groups excluding carboxylic acids is 2. The van der Waals surface area contributed by atoms with Crippen molar-refractivity contribution in [3.8, 4) is 0 Å². The predicted molar refractivity (Wildman–Crippen MR) is 108 cm³/mol. The van der Waals surface area contributed by atoms with Crippen molar-refractivity contribution in [3.63, 3.8) is 0 Å². The van der Waals surface area contributed by atoms with Crippen LogP contribution in [0.4, 0.5) is 0 Å². The van der Waals surface area contributed by atoms with E-state index in [1.165, 1.54) is 0 Å². The molecule has 0 radical (unpaired) electrons. The van der Waals surface area contributed by atoms with E-state index in [1.54, 1.807) is 12.1 Å². The van der Waals surface area contributed by atoms with E-state index in [0.29, 0.717) is 11.3 Å². The third-order valence-electron chi connectivity index (χ3n) is 3.84. The summed E-state index contributed by atoms with van der Waals surface area (Å²) in [7, 11) is 0. The number of hydrogen-bond acceptors (Lipinski definition) is 3. The Bertz CT molecular complexity index is 971. The van der Waals surface area contributed by atoms with Crippen LogP contribution in [0, 0.1) is 0 Å². The largest absolute Gasteiger partial charge is 0.368 e. The molecule has 0 aliphatic heterocycles. The van der Waals surface area contributed by atoms with Gasteiger partial charge in [-0.2, -0.15) is 0 Å². The highest BCUT2D eigenvalue weighted by molar-refractivity contribution is 9.11. The van der Waals surface area contributed by atoms with Crippen molar-refractivity contribution in [1.29, 1.82) is 0 Å². The molecular formula is C19H15Br2N3O2. The molecule has 5 nitrogen and oxygen atoms in total. The van der Waals surface area contributed by atoms with Gasteiger partial charge < -0.3 is 11.1 Å². The average molecular weight is 477 g/mol. The summed E-state index contributed by atoms with van der Waals surface area (Å²) < 4.78 is 1.51. The minimum Gasteiger partial charge on any atom is -0.368 e. The number of amides is 2. The number of nitrogens with zero attached hydrogens (tertiary/aromatic N) is 1. The second-order valence-electron chi connectivity index (χ2n) is 5.79. The van der Waals surface area contributed by atoms with Crippen molar-refractivity contribution in [2.75, 3.05) is 0 Å². The number of benzene rings is 2. The average Bonchev–Trinajstić information content (AvgIpc) is 2.60. The third kappa shape index (κ3) is 4.47. The zero-order valence-corrected chi connectivity index (χ0v) is 16.7. The van der Waals surface area contributed by atoms with Gasteiger partial charge >= 0.3 is 0 Å². The Kier molecular flexibility index (Phi) is 5.68. The second-order valence-corrected chi connectivity index (χ2v) is 7.62. The van der Waals surface area contributed by atoms with Crippen molar-refractivity contribution in [3.05, 3.63) is 74.8 Å². The van der Waals surface area contributed by atoms with Crippen molar-refractivity contribution in [2.45, 2.75) is 12.5 Å². The summed E-state index contributed by atoms with van der Waals surface area (Å²) in [6.45, 7) is 0. The van der Waals surface area contributed by atoms with Crippen molar-refractivity contribution in [2.24, 2.45) is 5.73 Å². The molecule has 0 spiro atoms. The molecule has 3 N–H and O–H groups in total. The number of rotatable bonds is 5. The molecule has 0 fully saturated rings. The first-order valence-electron chi connectivity index (χ1n) is 7.83. The lowest BCUT2D eigenvalue weighted by Gasteiger charge is -2.16. The molecule has 0 saturated carbocycles. The van der Waals surface area contributed by atoms with Crippen LogP contribution in [0.1, 0.15) is 16.1 Å². The molecule has 0 aliphatic rings. The number of halogens is 2. The first kappa shape index (κ1) is 18.5. The summed E-state index contributed by atoms with van der Waals surface area (Å²) in [5.74, 6) is -0.987. The summed E-state index contributed by atoms with van der Waals surface area (Å²) in [4.78, 5) is 28.8. The molecule has 1 aromatic heterocycles. The number of hydrogen-bond donors (Lipinski definition) is 2. The van der Waals surface area contributed by atoms with Gasteiger partial charge in [-0.1, -0.05) is 56.1 Å². The predicted octanol–water partition coefficient (Wildman–Crippen LogP) is 3.59. The molecule has 2 amide bonds. The normalized spacial score (nSPS) is 11.9. The van der Waals surface area contributed by atoms with Gasteiger partial charge in [0.1, 0.15) is 6.04 Å². The number of carbonyl (C=O) groups is 2. The van der Waals surface area contributed by atoms with E-state index in [0.717, 1.165) is 19.8 Å². The van der Waals surface area contributed by atoms with Crippen molar-refractivity contribution < 1.29 is 9.59 Å². The zero-order chi connectivity index (χ0) is 18.7. The van der Waals surface area contributed by atoms with Crippen LogP contribution in [-0.2, 0) is 11.2 Å². The monoisotopic (exact) mass is 475 g/mol. The van der Waals surface area contributed by atoms with Gasteiger partial charge in [-0.15, -0.1) is 0 Å². The molecule has 2 aromatic carbocycles. The lowest BCUT2D eigenvalue weighted by atomic mass is 10.1. The summed E-state index contributed by atoms with van der Waals surface area (Å²) in [6.07, 6.45) is 0.223. The molecule has 26 heavy (non-hydrogen) atoms. The van der Waals surface area contributed by atoms with Gasteiger partial charge in [-0.05, 0) is 30.3 Å². The van der Waals surface area contributed by atoms with Gasteiger partial charge in [0.25, 0.3) is 5.91 Å². The van der Waals surface area contributed by atoms with Crippen LogP contribution < -0.4 is 11.1 Å². The lowest BCUT2D eigenvalue weighted by Crippen LogP contribution is -2.46. The number of fused-ring (bicyclic) bond motifs is 1. The summed E-state index contributed by atoms with van der Waals surface area (Å²) in [6, 6.07) is 15.8.